The van der Waals surface area contributed by atoms with Crippen LogP contribution in [-0.2, 0) is 11.2 Å². The highest BCUT2D eigenvalue weighted by Crippen LogP contribution is 2.29. The summed E-state index contributed by atoms with van der Waals surface area (Å²) < 4.78 is 39.9. The molecule has 0 atom stereocenters. The van der Waals surface area contributed by atoms with Gasteiger partial charge in [-0.15, -0.1) is 13.2 Å². The predicted octanol–water partition coefficient (Wildman–Crippen LogP) is 2.39. The third kappa shape index (κ3) is 3.38. The Hall–Kier alpha value is -2.23. The summed E-state index contributed by atoms with van der Waals surface area (Å²) in [5.74, 6) is -1.68. The number of carboxylic acids is 1. The van der Waals surface area contributed by atoms with Crippen molar-refractivity contribution >= 4 is 5.97 Å². The van der Waals surface area contributed by atoms with Gasteiger partial charge in [-0.05, 0) is 18.6 Å². The number of alkyl halides is 3. The molecule has 1 rings (SSSR count). The molecule has 0 aromatic heterocycles. The van der Waals surface area contributed by atoms with Crippen LogP contribution in [0.25, 0.3) is 0 Å². The van der Waals surface area contributed by atoms with Crippen LogP contribution in [0.2, 0.25) is 0 Å². The molecule has 18 heavy (non-hydrogen) atoms. The number of aliphatic carboxylic acids is 1. The van der Waals surface area contributed by atoms with Crippen molar-refractivity contribution in [3.05, 3.63) is 28.8 Å². The topological polar surface area (TPSA) is 70.3 Å². The van der Waals surface area contributed by atoms with Crippen LogP contribution < -0.4 is 4.74 Å². The molecule has 0 fully saturated rings. The molecule has 0 aliphatic rings. The first-order valence-electron chi connectivity index (χ1n) is 4.74. The minimum Gasteiger partial charge on any atom is -0.481 e. The van der Waals surface area contributed by atoms with E-state index in [1.807, 2.05) is 0 Å². The molecule has 0 aliphatic heterocycles. The maximum atomic E-state index is 12.1. The molecule has 0 saturated carbocycles. The van der Waals surface area contributed by atoms with Crippen molar-refractivity contribution in [3.63, 3.8) is 0 Å². The summed E-state index contributed by atoms with van der Waals surface area (Å²) in [6.45, 7) is 1.27. The number of hydrogen-bond donors (Lipinski definition) is 1. The molecule has 4 nitrogen and oxygen atoms in total. The van der Waals surface area contributed by atoms with Crippen LogP contribution in [0.3, 0.4) is 0 Å². The first-order chi connectivity index (χ1) is 8.24. The van der Waals surface area contributed by atoms with Crippen molar-refractivity contribution in [2.75, 3.05) is 0 Å². The molecule has 0 bridgehead atoms. The van der Waals surface area contributed by atoms with Crippen LogP contribution in [0.5, 0.6) is 5.75 Å². The lowest BCUT2D eigenvalue weighted by Gasteiger charge is -2.13. The highest BCUT2D eigenvalue weighted by molar-refractivity contribution is 5.72. The van der Waals surface area contributed by atoms with Crippen molar-refractivity contribution in [3.8, 4) is 11.8 Å². The zero-order chi connectivity index (χ0) is 13.9. The molecule has 1 aromatic carbocycles. The monoisotopic (exact) mass is 259 g/mol. The van der Waals surface area contributed by atoms with Crippen LogP contribution in [0.1, 0.15) is 16.7 Å². The lowest BCUT2D eigenvalue weighted by atomic mass is 10.00. The fourth-order valence-corrected chi connectivity index (χ4v) is 1.45. The molecule has 0 unspecified atom stereocenters. The molecule has 0 amide bonds. The quantitative estimate of drug-likeness (QED) is 0.904. The number of nitriles is 1. The van der Waals surface area contributed by atoms with E-state index in [4.69, 9.17) is 10.4 Å². The summed E-state index contributed by atoms with van der Waals surface area (Å²) in [4.78, 5) is 10.5. The van der Waals surface area contributed by atoms with Crippen molar-refractivity contribution in [2.24, 2.45) is 0 Å². The molecule has 0 saturated heterocycles. The highest BCUT2D eigenvalue weighted by Gasteiger charge is 2.32. The minimum absolute atomic E-state index is 0.0337. The van der Waals surface area contributed by atoms with Gasteiger partial charge in [0.15, 0.2) is 0 Å². The van der Waals surface area contributed by atoms with Gasteiger partial charge in [-0.2, -0.15) is 5.26 Å². The van der Waals surface area contributed by atoms with Gasteiger partial charge in [-0.25, -0.2) is 0 Å². The summed E-state index contributed by atoms with van der Waals surface area (Å²) in [7, 11) is 0. The summed E-state index contributed by atoms with van der Waals surface area (Å²) >= 11 is 0. The number of rotatable bonds is 3. The van der Waals surface area contributed by atoms with E-state index >= 15 is 0 Å². The van der Waals surface area contributed by atoms with E-state index in [0.29, 0.717) is 0 Å². The zero-order valence-electron chi connectivity index (χ0n) is 9.21. The number of carbonyl (C=O) groups is 1. The molecular weight excluding hydrogens is 251 g/mol. The van der Waals surface area contributed by atoms with Gasteiger partial charge < -0.3 is 9.84 Å². The smallest absolute Gasteiger partial charge is 0.481 e. The Bertz CT molecular complexity index is 517. The van der Waals surface area contributed by atoms with Gasteiger partial charge in [-0.3, -0.25) is 4.79 Å². The molecule has 0 heterocycles. The molecule has 0 spiro atoms. The van der Waals surface area contributed by atoms with Gasteiger partial charge in [0.05, 0.1) is 18.1 Å². The van der Waals surface area contributed by atoms with E-state index < -0.39 is 24.5 Å². The number of hydrogen-bond acceptors (Lipinski definition) is 3. The van der Waals surface area contributed by atoms with E-state index in [0.717, 1.165) is 12.1 Å². The summed E-state index contributed by atoms with van der Waals surface area (Å²) in [5.41, 5.74) is 0.00440. The second kappa shape index (κ2) is 4.96. The Labute approximate surface area is 100 Å². The first-order valence-corrected chi connectivity index (χ1v) is 4.74. The molecule has 1 aromatic rings. The number of nitrogens with zero attached hydrogens (tertiary/aromatic N) is 1. The fourth-order valence-electron chi connectivity index (χ4n) is 1.45. The standard InChI is InChI=1S/C11H8F3NO3/c1-6-8(5-15)7(4-10(16)17)2-3-9(6)18-11(12,13)14/h2-3H,4H2,1H3,(H,16,17). The van der Waals surface area contributed by atoms with Crippen LogP contribution in [0.15, 0.2) is 12.1 Å². The third-order valence-electron chi connectivity index (χ3n) is 2.18. The Morgan fingerprint density at radius 2 is 2.11 bits per heavy atom. The SMILES string of the molecule is Cc1c(OC(F)(F)F)ccc(CC(=O)O)c1C#N. The van der Waals surface area contributed by atoms with Gasteiger partial charge in [0.1, 0.15) is 5.75 Å². The number of carboxylic acid groups (broad SMARTS) is 1. The lowest BCUT2D eigenvalue weighted by molar-refractivity contribution is -0.274. The highest BCUT2D eigenvalue weighted by atomic mass is 19.4. The minimum atomic E-state index is -4.86. The van der Waals surface area contributed by atoms with E-state index in [1.165, 1.54) is 6.92 Å². The maximum absolute atomic E-state index is 12.1. The van der Waals surface area contributed by atoms with Gasteiger partial charge in [-0.1, -0.05) is 6.07 Å². The predicted molar refractivity (Wildman–Crippen MR) is 53.9 cm³/mol. The van der Waals surface area contributed by atoms with Crippen LogP contribution >= 0.6 is 0 Å². The van der Waals surface area contributed by atoms with Crippen molar-refractivity contribution in [1.29, 1.82) is 5.26 Å². The molecule has 7 heteroatoms. The van der Waals surface area contributed by atoms with Crippen molar-refractivity contribution in [1.82, 2.24) is 0 Å². The Kier molecular flexibility index (Phi) is 3.81. The summed E-state index contributed by atoms with van der Waals surface area (Å²) in [6, 6.07) is 3.83. The van der Waals surface area contributed by atoms with E-state index in [9.17, 15) is 18.0 Å². The second-order valence-corrected chi connectivity index (χ2v) is 3.45. The molecule has 1 N–H and O–H groups in total. The van der Waals surface area contributed by atoms with E-state index in [2.05, 4.69) is 4.74 Å². The van der Waals surface area contributed by atoms with Crippen LogP contribution in [0.4, 0.5) is 13.2 Å². The number of benzene rings is 1. The second-order valence-electron chi connectivity index (χ2n) is 3.45. The van der Waals surface area contributed by atoms with Crippen LogP contribution in [0, 0.1) is 18.3 Å². The number of halogens is 3. The Balaban J connectivity index is 3.21. The Morgan fingerprint density at radius 3 is 2.56 bits per heavy atom. The van der Waals surface area contributed by atoms with Gasteiger partial charge in [0.25, 0.3) is 0 Å². The molecule has 96 valence electrons. The van der Waals surface area contributed by atoms with E-state index in [1.54, 1.807) is 6.07 Å². The zero-order valence-corrected chi connectivity index (χ0v) is 9.21. The average Bonchev–Trinajstić information content (AvgIpc) is 2.20. The van der Waals surface area contributed by atoms with Crippen molar-refractivity contribution in [2.45, 2.75) is 19.7 Å². The van der Waals surface area contributed by atoms with Gasteiger partial charge in [0, 0.05) is 5.56 Å². The first kappa shape index (κ1) is 13.8. The normalized spacial score (nSPS) is 10.8. The third-order valence-corrected chi connectivity index (χ3v) is 2.18. The summed E-state index contributed by atoms with van der Waals surface area (Å²) in [6.07, 6.45) is -5.29. The van der Waals surface area contributed by atoms with Gasteiger partial charge in [0.2, 0.25) is 0 Å². The average molecular weight is 259 g/mol. The fraction of sp³-hybridized carbons (Fsp3) is 0.273. The summed E-state index contributed by atoms with van der Waals surface area (Å²) in [5, 5.41) is 17.5. The Morgan fingerprint density at radius 1 is 1.50 bits per heavy atom. The van der Waals surface area contributed by atoms with E-state index in [-0.39, 0.29) is 16.7 Å². The van der Waals surface area contributed by atoms with Gasteiger partial charge >= 0.3 is 12.3 Å². The van der Waals surface area contributed by atoms with Crippen LogP contribution in [-0.4, -0.2) is 17.4 Å². The molecule has 0 radical (unpaired) electrons. The maximum Gasteiger partial charge on any atom is 0.573 e. The number of ether oxygens (including phenoxy) is 1. The van der Waals surface area contributed by atoms with Crippen molar-refractivity contribution < 1.29 is 27.8 Å². The molecular formula is C11H8F3NO3. The lowest BCUT2D eigenvalue weighted by Crippen LogP contribution is -2.18. The largest absolute Gasteiger partial charge is 0.573 e. The molecule has 0 aliphatic carbocycles.